The summed E-state index contributed by atoms with van der Waals surface area (Å²) in [7, 11) is 0. The van der Waals surface area contributed by atoms with E-state index in [2.05, 4.69) is 0 Å². The summed E-state index contributed by atoms with van der Waals surface area (Å²) in [5.41, 5.74) is 0. The number of ether oxygens (including phenoxy) is 1. The van der Waals surface area contributed by atoms with Crippen molar-refractivity contribution in [2.75, 3.05) is 6.61 Å². The lowest BCUT2D eigenvalue weighted by Gasteiger charge is -2.24. The molecule has 4 heteroatoms. The van der Waals surface area contributed by atoms with Crippen LogP contribution in [0.25, 0.3) is 0 Å². The van der Waals surface area contributed by atoms with Gasteiger partial charge in [-0.1, -0.05) is 0 Å². The first-order valence-electron chi connectivity index (χ1n) is 4.01. The molecular formula is C8H14O4. The Morgan fingerprint density at radius 1 is 1.42 bits per heavy atom. The number of aliphatic hydroxyl groups is 3. The molecule has 4 nitrogen and oxygen atoms in total. The second-order valence-electron chi connectivity index (χ2n) is 2.92. The van der Waals surface area contributed by atoms with Crippen molar-refractivity contribution in [3.63, 3.8) is 0 Å². The van der Waals surface area contributed by atoms with Crippen LogP contribution in [0.3, 0.4) is 0 Å². The van der Waals surface area contributed by atoms with Gasteiger partial charge in [-0.05, 0) is 12.5 Å². The van der Waals surface area contributed by atoms with Crippen LogP contribution in [0.15, 0.2) is 12.3 Å². The first-order chi connectivity index (χ1) is 5.74. The van der Waals surface area contributed by atoms with Crippen molar-refractivity contribution in [1.29, 1.82) is 0 Å². The smallest absolute Gasteiger partial charge is 0.147 e. The van der Waals surface area contributed by atoms with Crippen molar-refractivity contribution in [3.8, 4) is 0 Å². The van der Waals surface area contributed by atoms with Crippen LogP contribution in [0.2, 0.25) is 0 Å². The fourth-order valence-electron chi connectivity index (χ4n) is 1.15. The Labute approximate surface area is 71.1 Å². The van der Waals surface area contributed by atoms with Crippen molar-refractivity contribution in [3.05, 3.63) is 12.3 Å². The number of hydrogen-bond acceptors (Lipinski definition) is 4. The highest BCUT2D eigenvalue weighted by Crippen LogP contribution is 2.12. The van der Waals surface area contributed by atoms with Crippen LogP contribution in [0, 0.1) is 0 Å². The zero-order valence-electron chi connectivity index (χ0n) is 6.76. The normalized spacial score (nSPS) is 36.8. The minimum absolute atomic E-state index is 0.238. The lowest BCUT2D eigenvalue weighted by molar-refractivity contribution is -0.0473. The Morgan fingerprint density at radius 3 is 2.83 bits per heavy atom. The van der Waals surface area contributed by atoms with E-state index < -0.39 is 18.3 Å². The van der Waals surface area contributed by atoms with Gasteiger partial charge in [0, 0.05) is 6.42 Å². The van der Waals surface area contributed by atoms with E-state index in [4.69, 9.17) is 9.84 Å². The standard InChI is InChI=1S/C8H14O4/c9-5-8-7(11)4-6(10)2-1-3-12-8/h1,3,6-11H,2,4-5H2. The molecular weight excluding hydrogens is 160 g/mol. The van der Waals surface area contributed by atoms with Crippen molar-refractivity contribution in [2.24, 2.45) is 0 Å². The van der Waals surface area contributed by atoms with Crippen LogP contribution in [0.5, 0.6) is 0 Å². The fourth-order valence-corrected chi connectivity index (χ4v) is 1.15. The molecule has 1 heterocycles. The van der Waals surface area contributed by atoms with E-state index in [0.717, 1.165) is 0 Å². The minimum atomic E-state index is -0.796. The highest BCUT2D eigenvalue weighted by molar-refractivity contribution is 4.85. The third-order valence-corrected chi connectivity index (χ3v) is 1.88. The van der Waals surface area contributed by atoms with Crippen molar-refractivity contribution in [2.45, 2.75) is 31.2 Å². The number of rotatable bonds is 1. The molecule has 0 amide bonds. The lowest BCUT2D eigenvalue weighted by atomic mass is 10.0. The second-order valence-corrected chi connectivity index (χ2v) is 2.92. The van der Waals surface area contributed by atoms with Crippen molar-refractivity contribution < 1.29 is 20.1 Å². The third kappa shape index (κ3) is 2.48. The van der Waals surface area contributed by atoms with Crippen LogP contribution in [-0.2, 0) is 4.74 Å². The molecule has 3 N–H and O–H groups in total. The maximum Gasteiger partial charge on any atom is 0.147 e. The molecule has 1 aliphatic heterocycles. The van der Waals surface area contributed by atoms with Gasteiger partial charge in [0.1, 0.15) is 6.10 Å². The lowest BCUT2D eigenvalue weighted by Crippen LogP contribution is -2.35. The zero-order chi connectivity index (χ0) is 8.97. The Hall–Kier alpha value is -0.580. The molecule has 0 saturated heterocycles. The van der Waals surface area contributed by atoms with Crippen molar-refractivity contribution in [1.82, 2.24) is 0 Å². The number of aliphatic hydroxyl groups excluding tert-OH is 3. The summed E-state index contributed by atoms with van der Waals surface area (Å²) in [4.78, 5) is 0. The van der Waals surface area contributed by atoms with Gasteiger partial charge in [-0.3, -0.25) is 0 Å². The highest BCUT2D eigenvalue weighted by atomic mass is 16.5. The predicted molar refractivity (Wildman–Crippen MR) is 42.3 cm³/mol. The largest absolute Gasteiger partial charge is 0.493 e. The molecule has 1 rings (SSSR count). The van der Waals surface area contributed by atoms with Gasteiger partial charge in [-0.15, -0.1) is 0 Å². The molecule has 12 heavy (non-hydrogen) atoms. The monoisotopic (exact) mass is 174 g/mol. The van der Waals surface area contributed by atoms with Crippen LogP contribution >= 0.6 is 0 Å². The molecule has 0 aliphatic carbocycles. The van der Waals surface area contributed by atoms with Crippen LogP contribution in [0.4, 0.5) is 0 Å². The Bertz CT molecular complexity index is 157. The summed E-state index contributed by atoms with van der Waals surface area (Å²) in [5, 5.41) is 27.4. The Kier molecular flexibility index (Phi) is 3.52. The molecule has 0 fully saturated rings. The molecule has 0 aromatic rings. The van der Waals surface area contributed by atoms with Gasteiger partial charge in [0.25, 0.3) is 0 Å². The summed E-state index contributed by atoms with van der Waals surface area (Å²) in [6, 6.07) is 0. The average molecular weight is 174 g/mol. The molecule has 0 bridgehead atoms. The quantitative estimate of drug-likeness (QED) is 0.496. The maximum absolute atomic E-state index is 9.37. The topological polar surface area (TPSA) is 69.9 Å². The van der Waals surface area contributed by atoms with Gasteiger partial charge in [-0.2, -0.15) is 0 Å². The summed E-state index contributed by atoms with van der Waals surface area (Å²) in [6.07, 6.45) is 1.86. The second kappa shape index (κ2) is 4.45. The van der Waals surface area contributed by atoms with Gasteiger partial charge in [0.2, 0.25) is 0 Å². The molecule has 0 aromatic carbocycles. The van der Waals surface area contributed by atoms with Crippen LogP contribution in [0.1, 0.15) is 12.8 Å². The summed E-state index contributed by atoms with van der Waals surface area (Å²) in [5.74, 6) is 0. The average Bonchev–Trinajstić information content (AvgIpc) is 2.01. The fraction of sp³-hybridized carbons (Fsp3) is 0.750. The molecule has 1 aliphatic rings. The molecule has 3 unspecified atom stereocenters. The van der Waals surface area contributed by atoms with E-state index in [1.807, 2.05) is 0 Å². The van der Waals surface area contributed by atoms with Gasteiger partial charge < -0.3 is 20.1 Å². The van der Waals surface area contributed by atoms with Gasteiger partial charge in [-0.25, -0.2) is 0 Å². The maximum atomic E-state index is 9.37. The molecule has 0 aromatic heterocycles. The SMILES string of the molecule is OCC1OC=CCC(O)CC1O. The van der Waals surface area contributed by atoms with Gasteiger partial charge >= 0.3 is 0 Å². The van der Waals surface area contributed by atoms with Gasteiger partial charge in [0.15, 0.2) is 0 Å². The summed E-state index contributed by atoms with van der Waals surface area (Å²) >= 11 is 0. The number of hydrogen-bond donors (Lipinski definition) is 3. The van der Waals surface area contributed by atoms with E-state index in [9.17, 15) is 10.2 Å². The van der Waals surface area contributed by atoms with E-state index in [-0.39, 0.29) is 13.0 Å². The Balaban J connectivity index is 2.54. The van der Waals surface area contributed by atoms with E-state index in [1.54, 1.807) is 6.08 Å². The third-order valence-electron chi connectivity index (χ3n) is 1.88. The van der Waals surface area contributed by atoms with Crippen LogP contribution < -0.4 is 0 Å². The molecule has 3 atom stereocenters. The summed E-state index contributed by atoms with van der Waals surface area (Å²) < 4.78 is 5.00. The minimum Gasteiger partial charge on any atom is -0.493 e. The first kappa shape index (κ1) is 9.51. The zero-order valence-corrected chi connectivity index (χ0v) is 6.76. The molecule has 0 saturated carbocycles. The van der Waals surface area contributed by atoms with Crippen LogP contribution in [-0.4, -0.2) is 40.2 Å². The highest BCUT2D eigenvalue weighted by Gasteiger charge is 2.22. The van der Waals surface area contributed by atoms with E-state index >= 15 is 0 Å². The molecule has 70 valence electrons. The van der Waals surface area contributed by atoms with E-state index in [1.165, 1.54) is 6.26 Å². The van der Waals surface area contributed by atoms with Crippen molar-refractivity contribution >= 4 is 0 Å². The Morgan fingerprint density at radius 2 is 2.17 bits per heavy atom. The summed E-state index contributed by atoms with van der Waals surface area (Å²) in [6.45, 7) is -0.238. The molecule has 0 radical (unpaired) electrons. The first-order valence-corrected chi connectivity index (χ1v) is 4.01. The predicted octanol–water partition coefficient (Wildman–Crippen LogP) is -0.607. The van der Waals surface area contributed by atoms with E-state index in [0.29, 0.717) is 6.42 Å². The van der Waals surface area contributed by atoms with Gasteiger partial charge in [0.05, 0.1) is 25.1 Å². The molecule has 0 spiro atoms.